The molecule has 1 aliphatic heterocycles. The fourth-order valence-electron chi connectivity index (χ4n) is 5.51. The maximum absolute atomic E-state index is 15.4. The Labute approximate surface area is 247 Å². The number of benzene rings is 4. The Kier molecular flexibility index (Phi) is 7.15. The lowest BCUT2D eigenvalue weighted by Crippen LogP contribution is -2.50. The molecule has 0 saturated carbocycles. The van der Waals surface area contributed by atoms with Gasteiger partial charge >= 0.3 is 0 Å². The molecule has 0 spiro atoms. The van der Waals surface area contributed by atoms with Crippen LogP contribution in [0.25, 0.3) is 21.9 Å². The molecular weight excluding hydrogens is 567 g/mol. The van der Waals surface area contributed by atoms with E-state index in [9.17, 15) is 18.0 Å². The number of nitrogens with one attached hydrogen (secondary N) is 1. The van der Waals surface area contributed by atoms with Crippen LogP contribution in [-0.2, 0) is 27.6 Å². The standard InChI is InChI=1S/C33H27FN4O4S/c1-43(41,42)30-9-5-4-8-26(30)25-13-12-24(18-28(25)34)37-32(39)29-17-21-6-2-3-7-23(21)19-38(29)33(40)22-11-10-20-14-15-36-31(35)27(20)16-22/h2-16,18,29H,17,19H2,1H3,(H2,35,36)(H,37,39). The quantitative estimate of drug-likeness (QED) is 0.287. The van der Waals surface area contributed by atoms with Crippen molar-refractivity contribution in [2.75, 3.05) is 17.3 Å². The van der Waals surface area contributed by atoms with Crippen molar-refractivity contribution in [1.82, 2.24) is 9.88 Å². The molecule has 1 atom stereocenters. The van der Waals surface area contributed by atoms with E-state index in [0.717, 1.165) is 28.8 Å². The number of rotatable bonds is 5. The molecule has 8 nitrogen and oxygen atoms in total. The van der Waals surface area contributed by atoms with Crippen molar-refractivity contribution in [3.05, 3.63) is 120 Å². The van der Waals surface area contributed by atoms with Crippen molar-refractivity contribution in [3.63, 3.8) is 0 Å². The van der Waals surface area contributed by atoms with Gasteiger partial charge in [0.15, 0.2) is 9.84 Å². The normalized spacial score (nSPS) is 14.7. The third-order valence-electron chi connectivity index (χ3n) is 7.67. The molecule has 0 fully saturated rings. The highest BCUT2D eigenvalue weighted by Crippen LogP contribution is 2.32. The minimum Gasteiger partial charge on any atom is -0.383 e. The van der Waals surface area contributed by atoms with Gasteiger partial charge in [-0.15, -0.1) is 0 Å². The number of carbonyl (C=O) groups is 2. The summed E-state index contributed by atoms with van der Waals surface area (Å²) < 4.78 is 39.9. The van der Waals surface area contributed by atoms with E-state index in [1.165, 1.54) is 29.2 Å². The first-order valence-corrected chi connectivity index (χ1v) is 15.4. The van der Waals surface area contributed by atoms with Gasteiger partial charge in [-0.3, -0.25) is 9.59 Å². The summed E-state index contributed by atoms with van der Waals surface area (Å²) in [6.07, 6.45) is 2.94. The third kappa shape index (κ3) is 5.44. The minimum atomic E-state index is -3.60. The van der Waals surface area contributed by atoms with Crippen LogP contribution in [0.4, 0.5) is 15.9 Å². The molecule has 4 aromatic carbocycles. The second-order valence-corrected chi connectivity index (χ2v) is 12.5. The first-order chi connectivity index (χ1) is 20.6. The summed E-state index contributed by atoms with van der Waals surface area (Å²) in [6.45, 7) is 0.212. The van der Waals surface area contributed by atoms with E-state index in [4.69, 9.17) is 5.73 Å². The Morgan fingerprint density at radius 2 is 1.67 bits per heavy atom. The van der Waals surface area contributed by atoms with E-state index >= 15 is 4.39 Å². The number of amides is 2. The van der Waals surface area contributed by atoms with Crippen molar-refractivity contribution >= 4 is 43.9 Å². The van der Waals surface area contributed by atoms with Gasteiger partial charge in [-0.1, -0.05) is 48.5 Å². The van der Waals surface area contributed by atoms with E-state index in [2.05, 4.69) is 10.3 Å². The predicted octanol–water partition coefficient (Wildman–Crippen LogP) is 5.23. The van der Waals surface area contributed by atoms with E-state index in [-0.39, 0.29) is 40.6 Å². The molecule has 43 heavy (non-hydrogen) atoms. The Morgan fingerprint density at radius 3 is 2.44 bits per heavy atom. The van der Waals surface area contributed by atoms with Gasteiger partial charge in [0.2, 0.25) is 5.91 Å². The summed E-state index contributed by atoms with van der Waals surface area (Å²) in [5.74, 6) is -1.22. The molecular formula is C33H27FN4O4S. The Bertz CT molecular complexity index is 2030. The number of nitrogens with zero attached hydrogens (tertiary/aromatic N) is 2. The lowest BCUT2D eigenvalue weighted by Gasteiger charge is -2.36. The van der Waals surface area contributed by atoms with Crippen molar-refractivity contribution in [3.8, 4) is 11.1 Å². The van der Waals surface area contributed by atoms with Gasteiger partial charge in [-0.2, -0.15) is 0 Å². The van der Waals surface area contributed by atoms with Gasteiger partial charge < -0.3 is 16.0 Å². The molecule has 10 heteroatoms. The molecule has 5 aromatic rings. The largest absolute Gasteiger partial charge is 0.383 e. The fraction of sp³-hybridized carbons (Fsp3) is 0.121. The zero-order valence-electron chi connectivity index (χ0n) is 23.1. The number of halogens is 1. The number of aromatic nitrogens is 1. The average Bonchev–Trinajstić information content (AvgIpc) is 3.00. The summed E-state index contributed by atoms with van der Waals surface area (Å²) in [6, 6.07) is 24.0. The van der Waals surface area contributed by atoms with Crippen LogP contribution in [0.15, 0.2) is 102 Å². The summed E-state index contributed by atoms with van der Waals surface area (Å²) in [4.78, 5) is 33.2. The minimum absolute atomic E-state index is 0.00642. The maximum Gasteiger partial charge on any atom is 0.254 e. The number of hydrogen-bond acceptors (Lipinski definition) is 6. The highest BCUT2D eigenvalue weighted by Gasteiger charge is 2.35. The van der Waals surface area contributed by atoms with Crippen molar-refractivity contribution in [1.29, 1.82) is 0 Å². The second kappa shape index (κ2) is 11.0. The Hall–Kier alpha value is -5.09. The van der Waals surface area contributed by atoms with Gasteiger partial charge in [-0.05, 0) is 59.0 Å². The van der Waals surface area contributed by atoms with Crippen molar-refractivity contribution < 1.29 is 22.4 Å². The molecule has 1 aromatic heterocycles. The van der Waals surface area contributed by atoms with E-state index in [1.54, 1.807) is 42.6 Å². The number of nitrogens with two attached hydrogens (primary N) is 1. The average molecular weight is 595 g/mol. The van der Waals surface area contributed by atoms with Crippen molar-refractivity contribution in [2.24, 2.45) is 0 Å². The Morgan fingerprint density at radius 1 is 0.930 bits per heavy atom. The molecule has 1 aliphatic rings. The van der Waals surface area contributed by atoms with E-state index in [0.29, 0.717) is 16.8 Å². The fourth-order valence-corrected chi connectivity index (χ4v) is 6.41. The molecule has 1 unspecified atom stereocenters. The third-order valence-corrected chi connectivity index (χ3v) is 8.82. The van der Waals surface area contributed by atoms with Crippen LogP contribution in [0.2, 0.25) is 0 Å². The summed E-state index contributed by atoms with van der Waals surface area (Å²) >= 11 is 0. The molecule has 216 valence electrons. The zero-order valence-corrected chi connectivity index (χ0v) is 23.9. The smallest absolute Gasteiger partial charge is 0.254 e. The summed E-state index contributed by atoms with van der Waals surface area (Å²) in [5.41, 5.74) is 8.80. The Balaban J connectivity index is 1.31. The van der Waals surface area contributed by atoms with Crippen LogP contribution < -0.4 is 11.1 Å². The number of sulfone groups is 1. The highest BCUT2D eigenvalue weighted by molar-refractivity contribution is 7.90. The van der Waals surface area contributed by atoms with E-state index in [1.807, 2.05) is 24.3 Å². The number of anilines is 2. The van der Waals surface area contributed by atoms with Crippen LogP contribution in [0.3, 0.4) is 0 Å². The summed E-state index contributed by atoms with van der Waals surface area (Å²) in [7, 11) is -3.60. The van der Waals surface area contributed by atoms with Gasteiger partial charge in [-0.25, -0.2) is 17.8 Å². The SMILES string of the molecule is CS(=O)(=O)c1ccccc1-c1ccc(NC(=O)C2Cc3ccccc3CN2C(=O)c2ccc3ccnc(N)c3c2)cc1F. The molecule has 3 N–H and O–H groups in total. The van der Waals surface area contributed by atoms with Gasteiger partial charge in [0.1, 0.15) is 17.7 Å². The lowest BCUT2D eigenvalue weighted by atomic mass is 9.92. The maximum atomic E-state index is 15.4. The molecule has 0 saturated heterocycles. The molecule has 2 amide bonds. The predicted molar refractivity (Wildman–Crippen MR) is 164 cm³/mol. The number of nitrogen functional groups attached to an aromatic ring is 1. The number of fused-ring (bicyclic) bond motifs is 2. The van der Waals surface area contributed by atoms with Gasteiger partial charge in [0, 0.05) is 53.2 Å². The van der Waals surface area contributed by atoms with Crippen LogP contribution in [0.5, 0.6) is 0 Å². The highest BCUT2D eigenvalue weighted by atomic mass is 32.2. The molecule has 0 aliphatic carbocycles. The monoisotopic (exact) mass is 594 g/mol. The van der Waals surface area contributed by atoms with Gasteiger partial charge in [0.05, 0.1) is 4.90 Å². The van der Waals surface area contributed by atoms with Crippen LogP contribution in [0.1, 0.15) is 21.5 Å². The molecule has 6 rings (SSSR count). The van der Waals surface area contributed by atoms with Crippen LogP contribution in [0, 0.1) is 5.82 Å². The summed E-state index contributed by atoms with van der Waals surface area (Å²) in [5, 5.41) is 4.24. The van der Waals surface area contributed by atoms with Crippen LogP contribution in [-0.4, -0.2) is 42.4 Å². The number of pyridine rings is 1. The number of carbonyl (C=O) groups excluding carboxylic acids is 2. The lowest BCUT2D eigenvalue weighted by molar-refractivity contribution is -0.121. The zero-order chi connectivity index (χ0) is 30.3. The topological polar surface area (TPSA) is 122 Å². The number of hydrogen-bond donors (Lipinski definition) is 2. The van der Waals surface area contributed by atoms with Crippen LogP contribution >= 0.6 is 0 Å². The first kappa shape index (κ1) is 28.0. The molecule has 0 radical (unpaired) electrons. The van der Waals surface area contributed by atoms with Gasteiger partial charge in [0.25, 0.3) is 5.91 Å². The second-order valence-electron chi connectivity index (χ2n) is 10.5. The van der Waals surface area contributed by atoms with Crippen molar-refractivity contribution in [2.45, 2.75) is 23.9 Å². The molecule has 0 bridgehead atoms. The molecule has 2 heterocycles. The van der Waals surface area contributed by atoms with E-state index < -0.39 is 27.6 Å². The first-order valence-electron chi connectivity index (χ1n) is 13.5.